The van der Waals surface area contributed by atoms with Gasteiger partial charge in [-0.05, 0) is 67.6 Å². The predicted molar refractivity (Wildman–Crippen MR) is 104 cm³/mol. The molecule has 0 aliphatic carbocycles. The predicted octanol–water partition coefficient (Wildman–Crippen LogP) is 4.23. The van der Waals surface area contributed by atoms with E-state index in [9.17, 15) is 9.59 Å². The smallest absolute Gasteiger partial charge is 0.261 e. The van der Waals surface area contributed by atoms with Gasteiger partial charge in [0.2, 0.25) is 0 Å². The quantitative estimate of drug-likeness (QED) is 0.758. The molecule has 1 saturated heterocycles. The number of nitrogens with one attached hydrogen (secondary N) is 1. The molecule has 1 amide bonds. The van der Waals surface area contributed by atoms with Crippen LogP contribution in [0.15, 0.2) is 57.9 Å². The first-order chi connectivity index (χ1) is 13.0. The molecular formula is C22H22N2O3. The Morgan fingerprint density at radius 3 is 2.70 bits per heavy atom. The summed E-state index contributed by atoms with van der Waals surface area (Å²) in [5.74, 6) is 0.350. The minimum absolute atomic E-state index is 0.0148. The Kier molecular flexibility index (Phi) is 4.44. The Balaban J connectivity index is 1.63. The van der Waals surface area contributed by atoms with E-state index >= 15 is 0 Å². The van der Waals surface area contributed by atoms with E-state index in [0.29, 0.717) is 18.0 Å². The maximum absolute atomic E-state index is 13.1. The number of aromatic amines is 1. The molecule has 1 aromatic carbocycles. The Hall–Kier alpha value is -3.08. The summed E-state index contributed by atoms with van der Waals surface area (Å²) in [5, 5.41) is 0. The van der Waals surface area contributed by atoms with Crippen LogP contribution in [0.25, 0.3) is 11.5 Å². The molecule has 0 radical (unpaired) electrons. The van der Waals surface area contributed by atoms with Crippen molar-refractivity contribution >= 4 is 5.91 Å². The highest BCUT2D eigenvalue weighted by atomic mass is 16.3. The second-order valence-corrected chi connectivity index (χ2v) is 7.09. The highest BCUT2D eigenvalue weighted by Crippen LogP contribution is 2.33. The number of hydrogen-bond donors (Lipinski definition) is 1. The standard InChI is InChI=1S/C22H22N2O3/c1-14-7-8-16(13-15(14)2)19-5-3-11-24(19)22(26)17-9-10-18(23-21(17)25)20-6-4-12-27-20/h4,6-10,12-13,19H,3,5,11H2,1-2H3,(H,23,25). The zero-order valence-corrected chi connectivity index (χ0v) is 15.5. The van der Waals surface area contributed by atoms with Crippen LogP contribution in [-0.2, 0) is 0 Å². The van der Waals surface area contributed by atoms with Crippen LogP contribution in [-0.4, -0.2) is 22.3 Å². The van der Waals surface area contributed by atoms with Crippen LogP contribution in [0, 0.1) is 13.8 Å². The van der Waals surface area contributed by atoms with Crippen molar-refractivity contribution in [2.24, 2.45) is 0 Å². The van der Waals surface area contributed by atoms with Gasteiger partial charge in [-0.15, -0.1) is 0 Å². The highest BCUT2D eigenvalue weighted by Gasteiger charge is 2.31. The molecule has 0 bridgehead atoms. The number of nitrogens with zero attached hydrogens (tertiary/aromatic N) is 1. The van der Waals surface area contributed by atoms with E-state index in [1.165, 1.54) is 11.1 Å². The summed E-state index contributed by atoms with van der Waals surface area (Å²) in [6.07, 6.45) is 3.40. The first kappa shape index (κ1) is 17.3. The summed E-state index contributed by atoms with van der Waals surface area (Å²) in [6, 6.07) is 13.2. The van der Waals surface area contributed by atoms with E-state index in [-0.39, 0.29) is 23.1 Å². The van der Waals surface area contributed by atoms with Crippen LogP contribution in [0.3, 0.4) is 0 Å². The minimum atomic E-state index is -0.389. The lowest BCUT2D eigenvalue weighted by Gasteiger charge is -2.25. The van der Waals surface area contributed by atoms with E-state index in [1.807, 2.05) is 4.90 Å². The number of aromatic nitrogens is 1. The van der Waals surface area contributed by atoms with Gasteiger partial charge in [0.1, 0.15) is 11.3 Å². The van der Waals surface area contributed by atoms with Crippen LogP contribution in [0.2, 0.25) is 0 Å². The van der Waals surface area contributed by atoms with Crippen molar-refractivity contribution < 1.29 is 9.21 Å². The molecule has 0 spiro atoms. The SMILES string of the molecule is Cc1ccc(C2CCCN2C(=O)c2ccc(-c3ccco3)[nH]c2=O)cc1C. The van der Waals surface area contributed by atoms with Crippen molar-refractivity contribution in [1.82, 2.24) is 9.88 Å². The third kappa shape index (κ3) is 3.21. The van der Waals surface area contributed by atoms with E-state index in [1.54, 1.807) is 30.5 Å². The van der Waals surface area contributed by atoms with Gasteiger partial charge in [-0.3, -0.25) is 9.59 Å². The average Bonchev–Trinajstić information content (AvgIpc) is 3.35. The number of pyridine rings is 1. The molecule has 3 aromatic rings. The van der Waals surface area contributed by atoms with Crippen molar-refractivity contribution in [3.05, 3.63) is 81.3 Å². The van der Waals surface area contributed by atoms with Gasteiger partial charge >= 0.3 is 0 Å². The molecule has 1 unspecified atom stereocenters. The summed E-state index contributed by atoms with van der Waals surface area (Å²) in [7, 11) is 0. The number of hydrogen-bond acceptors (Lipinski definition) is 3. The Morgan fingerprint density at radius 1 is 1.15 bits per heavy atom. The van der Waals surface area contributed by atoms with Gasteiger partial charge in [0, 0.05) is 6.54 Å². The highest BCUT2D eigenvalue weighted by molar-refractivity contribution is 5.94. The molecule has 5 nitrogen and oxygen atoms in total. The van der Waals surface area contributed by atoms with E-state index < -0.39 is 0 Å². The minimum Gasteiger partial charge on any atom is -0.463 e. The van der Waals surface area contributed by atoms with Crippen LogP contribution >= 0.6 is 0 Å². The van der Waals surface area contributed by atoms with Crippen molar-refractivity contribution in [3.63, 3.8) is 0 Å². The number of benzene rings is 1. The van der Waals surface area contributed by atoms with Gasteiger partial charge in [0.05, 0.1) is 18.0 Å². The second-order valence-electron chi connectivity index (χ2n) is 7.09. The van der Waals surface area contributed by atoms with Gasteiger partial charge in [-0.25, -0.2) is 0 Å². The molecule has 1 fully saturated rings. The van der Waals surface area contributed by atoms with Gasteiger partial charge in [0.25, 0.3) is 11.5 Å². The van der Waals surface area contributed by atoms with Crippen molar-refractivity contribution in [1.29, 1.82) is 0 Å². The number of carbonyl (C=O) groups excluding carboxylic acids is 1. The number of rotatable bonds is 3. The van der Waals surface area contributed by atoms with Crippen molar-refractivity contribution in [3.8, 4) is 11.5 Å². The fourth-order valence-electron chi connectivity index (χ4n) is 3.70. The summed E-state index contributed by atoms with van der Waals surface area (Å²) in [5.41, 5.74) is 3.92. The van der Waals surface area contributed by atoms with E-state index in [0.717, 1.165) is 18.4 Å². The number of amides is 1. The number of likely N-dealkylation sites (tertiary alicyclic amines) is 1. The second kappa shape index (κ2) is 6.91. The number of aryl methyl sites for hydroxylation is 2. The van der Waals surface area contributed by atoms with Gasteiger partial charge in [-0.2, -0.15) is 0 Å². The van der Waals surface area contributed by atoms with Crippen molar-refractivity contribution in [2.45, 2.75) is 32.7 Å². The Labute approximate surface area is 157 Å². The fourth-order valence-corrected chi connectivity index (χ4v) is 3.70. The molecule has 4 rings (SSSR count). The van der Waals surface area contributed by atoms with Gasteiger partial charge < -0.3 is 14.3 Å². The number of carbonyl (C=O) groups is 1. The molecule has 138 valence electrons. The van der Waals surface area contributed by atoms with E-state index in [2.05, 4.69) is 37.0 Å². The Morgan fingerprint density at radius 2 is 2.00 bits per heavy atom. The van der Waals surface area contributed by atoms with Crippen LogP contribution in [0.4, 0.5) is 0 Å². The largest absolute Gasteiger partial charge is 0.463 e. The molecular weight excluding hydrogens is 340 g/mol. The number of furan rings is 1. The first-order valence-electron chi connectivity index (χ1n) is 9.20. The number of H-pyrrole nitrogens is 1. The zero-order valence-electron chi connectivity index (χ0n) is 15.5. The third-order valence-corrected chi connectivity index (χ3v) is 5.36. The monoisotopic (exact) mass is 362 g/mol. The molecule has 1 atom stereocenters. The molecule has 27 heavy (non-hydrogen) atoms. The average molecular weight is 362 g/mol. The maximum Gasteiger partial charge on any atom is 0.261 e. The van der Waals surface area contributed by atoms with Crippen LogP contribution in [0.1, 0.15) is 45.9 Å². The summed E-state index contributed by atoms with van der Waals surface area (Å²) >= 11 is 0. The van der Waals surface area contributed by atoms with Crippen LogP contribution in [0.5, 0.6) is 0 Å². The molecule has 1 aliphatic heterocycles. The van der Waals surface area contributed by atoms with E-state index in [4.69, 9.17) is 4.42 Å². The molecule has 5 heteroatoms. The summed E-state index contributed by atoms with van der Waals surface area (Å²) < 4.78 is 5.30. The van der Waals surface area contributed by atoms with Crippen molar-refractivity contribution in [2.75, 3.05) is 6.54 Å². The first-order valence-corrected chi connectivity index (χ1v) is 9.20. The lowest BCUT2D eigenvalue weighted by Crippen LogP contribution is -2.34. The summed E-state index contributed by atoms with van der Waals surface area (Å²) in [4.78, 5) is 30.2. The molecule has 1 aliphatic rings. The zero-order chi connectivity index (χ0) is 19.0. The lowest BCUT2D eigenvalue weighted by molar-refractivity contribution is 0.0734. The maximum atomic E-state index is 13.1. The molecule has 1 N–H and O–H groups in total. The normalized spacial score (nSPS) is 16.7. The lowest BCUT2D eigenvalue weighted by atomic mass is 9.99. The Bertz CT molecular complexity index is 1030. The molecule has 3 heterocycles. The van der Waals surface area contributed by atoms with Crippen LogP contribution < -0.4 is 5.56 Å². The topological polar surface area (TPSA) is 66.3 Å². The molecule has 2 aromatic heterocycles. The van der Waals surface area contributed by atoms with Gasteiger partial charge in [0.15, 0.2) is 0 Å². The molecule has 0 saturated carbocycles. The summed E-state index contributed by atoms with van der Waals surface area (Å²) in [6.45, 7) is 4.82. The van der Waals surface area contributed by atoms with Gasteiger partial charge in [-0.1, -0.05) is 18.2 Å². The fraction of sp³-hybridized carbons (Fsp3) is 0.273. The third-order valence-electron chi connectivity index (χ3n) is 5.36.